The van der Waals surface area contributed by atoms with Gasteiger partial charge >= 0.3 is 0 Å². The number of sulfonamides is 1. The predicted molar refractivity (Wildman–Crippen MR) is 149 cm³/mol. The van der Waals surface area contributed by atoms with Crippen molar-refractivity contribution in [3.05, 3.63) is 89.0 Å². The average Bonchev–Trinajstić information content (AvgIpc) is 3.31. The van der Waals surface area contributed by atoms with E-state index < -0.39 is 10.0 Å². The highest BCUT2D eigenvalue weighted by atomic mass is 32.2. The minimum Gasteiger partial charge on any atom is -0.308 e. The van der Waals surface area contributed by atoms with Gasteiger partial charge in [0.25, 0.3) is 5.91 Å². The summed E-state index contributed by atoms with van der Waals surface area (Å²) in [6.07, 6.45) is 0.689. The molecule has 0 spiro atoms. The lowest BCUT2D eigenvalue weighted by atomic mass is 10.0. The Morgan fingerprint density at radius 2 is 1.73 bits per heavy atom. The van der Waals surface area contributed by atoms with Crippen LogP contribution in [0.2, 0.25) is 0 Å². The van der Waals surface area contributed by atoms with Gasteiger partial charge in [-0.1, -0.05) is 41.7 Å². The number of likely N-dealkylation sites (N-methyl/N-ethyl adjacent to an activating group) is 1. The molecule has 0 radical (unpaired) electrons. The minimum atomic E-state index is -3.67. The third-order valence-corrected chi connectivity index (χ3v) is 9.51. The molecule has 9 heteroatoms. The molecule has 1 amide bonds. The quantitative estimate of drug-likeness (QED) is 0.348. The van der Waals surface area contributed by atoms with Crippen LogP contribution in [0.5, 0.6) is 0 Å². The van der Waals surface area contributed by atoms with E-state index in [0.717, 1.165) is 21.3 Å². The van der Waals surface area contributed by atoms with Crippen molar-refractivity contribution in [3.63, 3.8) is 0 Å². The molecule has 0 aliphatic carbocycles. The van der Waals surface area contributed by atoms with Gasteiger partial charge in [0.15, 0.2) is 5.13 Å². The van der Waals surface area contributed by atoms with Crippen LogP contribution in [0.3, 0.4) is 0 Å². The third kappa shape index (κ3) is 5.31. The van der Waals surface area contributed by atoms with Crippen LogP contribution in [-0.4, -0.2) is 62.2 Å². The highest BCUT2D eigenvalue weighted by Gasteiger charge is 2.29. The van der Waals surface area contributed by atoms with Gasteiger partial charge in [-0.25, -0.2) is 13.4 Å². The maximum atomic E-state index is 13.6. The second-order valence-corrected chi connectivity index (χ2v) is 12.6. The molecule has 0 fully saturated rings. The largest absolute Gasteiger partial charge is 0.308 e. The van der Waals surface area contributed by atoms with E-state index in [1.807, 2.05) is 62.3 Å². The zero-order chi connectivity index (χ0) is 26.2. The molecule has 7 nitrogen and oxygen atoms in total. The Labute approximate surface area is 222 Å². The molecule has 1 aliphatic rings. The number of hydrogen-bond donors (Lipinski definition) is 0. The van der Waals surface area contributed by atoms with Crippen molar-refractivity contribution in [1.82, 2.24) is 14.2 Å². The van der Waals surface area contributed by atoms with Gasteiger partial charge in [0.2, 0.25) is 10.0 Å². The molecule has 1 aromatic heterocycles. The molecular formula is C28H30N4O3S2. The van der Waals surface area contributed by atoms with Crippen LogP contribution in [0.1, 0.15) is 27.0 Å². The maximum Gasteiger partial charge on any atom is 0.260 e. The first-order chi connectivity index (χ1) is 17.7. The van der Waals surface area contributed by atoms with Crippen molar-refractivity contribution in [2.75, 3.05) is 38.6 Å². The van der Waals surface area contributed by atoms with Gasteiger partial charge in [-0.15, -0.1) is 0 Å². The van der Waals surface area contributed by atoms with E-state index in [9.17, 15) is 13.2 Å². The SMILES string of the molecule is Cc1ccc2nc(N(CCN(C)C)C(=O)c3ccc(S(=O)(=O)N4CCc5ccccc5C4)cc3)sc2c1. The van der Waals surface area contributed by atoms with E-state index in [4.69, 9.17) is 4.98 Å². The lowest BCUT2D eigenvalue weighted by Gasteiger charge is -2.28. The van der Waals surface area contributed by atoms with E-state index in [1.165, 1.54) is 33.3 Å². The molecule has 192 valence electrons. The Morgan fingerprint density at radius 3 is 2.46 bits per heavy atom. The van der Waals surface area contributed by atoms with E-state index in [-0.39, 0.29) is 10.8 Å². The van der Waals surface area contributed by atoms with Gasteiger partial charge in [0.1, 0.15) is 0 Å². The van der Waals surface area contributed by atoms with Crippen LogP contribution >= 0.6 is 11.3 Å². The maximum absolute atomic E-state index is 13.6. The third-order valence-electron chi connectivity index (χ3n) is 6.61. The van der Waals surface area contributed by atoms with Crippen molar-refractivity contribution in [1.29, 1.82) is 0 Å². The van der Waals surface area contributed by atoms with Crippen LogP contribution < -0.4 is 4.90 Å². The number of carbonyl (C=O) groups is 1. The first kappa shape index (κ1) is 25.5. The summed E-state index contributed by atoms with van der Waals surface area (Å²) < 4.78 is 29.3. The molecular weight excluding hydrogens is 504 g/mol. The Bertz CT molecular complexity index is 1550. The van der Waals surface area contributed by atoms with Crippen molar-refractivity contribution in [2.24, 2.45) is 0 Å². The van der Waals surface area contributed by atoms with E-state index in [1.54, 1.807) is 17.0 Å². The van der Waals surface area contributed by atoms with Crippen molar-refractivity contribution in [2.45, 2.75) is 24.8 Å². The fourth-order valence-corrected chi connectivity index (χ4v) is 6.98. The number of benzene rings is 3. The van der Waals surface area contributed by atoms with Gasteiger partial charge in [0.05, 0.1) is 15.1 Å². The number of thiazole rings is 1. The summed E-state index contributed by atoms with van der Waals surface area (Å²) in [7, 11) is 0.252. The Kier molecular flexibility index (Phi) is 7.13. The van der Waals surface area contributed by atoms with Gasteiger partial charge in [-0.2, -0.15) is 4.31 Å². The Hall–Kier alpha value is -3.11. The average molecular weight is 535 g/mol. The topological polar surface area (TPSA) is 73.8 Å². The molecule has 0 saturated heterocycles. The molecule has 0 bridgehead atoms. The normalized spacial score (nSPS) is 14.2. The fraction of sp³-hybridized carbons (Fsp3) is 0.286. The number of amides is 1. The summed E-state index contributed by atoms with van der Waals surface area (Å²) in [5, 5.41) is 0.635. The van der Waals surface area contributed by atoms with Crippen molar-refractivity contribution >= 4 is 42.6 Å². The number of nitrogens with zero attached hydrogens (tertiary/aromatic N) is 4. The van der Waals surface area contributed by atoms with Crippen molar-refractivity contribution in [3.8, 4) is 0 Å². The van der Waals surface area contributed by atoms with Crippen LogP contribution in [-0.2, 0) is 23.0 Å². The second kappa shape index (κ2) is 10.3. The number of rotatable bonds is 7. The fourth-order valence-electron chi connectivity index (χ4n) is 4.47. The molecule has 1 aliphatic heterocycles. The van der Waals surface area contributed by atoms with Gasteiger partial charge in [-0.05, 0) is 80.5 Å². The molecule has 0 N–H and O–H groups in total. The number of aryl methyl sites for hydroxylation is 1. The molecule has 4 aromatic rings. The minimum absolute atomic E-state index is 0.193. The summed E-state index contributed by atoms with van der Waals surface area (Å²) in [6, 6.07) is 20.3. The Balaban J connectivity index is 1.40. The molecule has 0 atom stereocenters. The number of carbonyl (C=O) groups excluding carboxylic acids is 1. The summed E-state index contributed by atoms with van der Waals surface area (Å²) in [4.78, 5) is 22.2. The zero-order valence-corrected chi connectivity index (χ0v) is 22.8. The van der Waals surface area contributed by atoms with E-state index >= 15 is 0 Å². The first-order valence-electron chi connectivity index (χ1n) is 12.2. The van der Waals surface area contributed by atoms with Crippen LogP contribution in [0.4, 0.5) is 5.13 Å². The molecule has 5 rings (SSSR count). The van der Waals surface area contributed by atoms with Gasteiger partial charge in [-0.3, -0.25) is 9.69 Å². The second-order valence-electron chi connectivity index (χ2n) is 9.61. The van der Waals surface area contributed by atoms with Crippen LogP contribution in [0.15, 0.2) is 71.6 Å². The lowest BCUT2D eigenvalue weighted by molar-refractivity contribution is 0.0985. The summed E-state index contributed by atoms with van der Waals surface area (Å²) >= 11 is 1.49. The number of aromatic nitrogens is 1. The van der Waals surface area contributed by atoms with Crippen molar-refractivity contribution < 1.29 is 13.2 Å². The summed E-state index contributed by atoms with van der Waals surface area (Å²) in [5.41, 5.74) is 4.65. The standard InChI is InChI=1S/C28H30N4O3S2/c1-20-8-13-25-26(18-20)36-28(29-25)32(17-16-30(2)3)27(33)22-9-11-24(12-10-22)37(34,35)31-15-14-21-6-4-5-7-23(21)19-31/h4-13,18H,14-17,19H2,1-3H3. The molecule has 37 heavy (non-hydrogen) atoms. The van der Waals surface area contributed by atoms with E-state index in [2.05, 4.69) is 6.07 Å². The lowest BCUT2D eigenvalue weighted by Crippen LogP contribution is -2.37. The molecule has 2 heterocycles. The van der Waals surface area contributed by atoms with Gasteiger partial charge < -0.3 is 4.90 Å². The van der Waals surface area contributed by atoms with E-state index in [0.29, 0.717) is 43.3 Å². The summed E-state index contributed by atoms with van der Waals surface area (Å²) in [6.45, 7) is 3.97. The smallest absolute Gasteiger partial charge is 0.260 e. The zero-order valence-electron chi connectivity index (χ0n) is 21.2. The monoisotopic (exact) mass is 534 g/mol. The Morgan fingerprint density at radius 1 is 1.00 bits per heavy atom. The molecule has 3 aromatic carbocycles. The van der Waals surface area contributed by atoms with Crippen LogP contribution in [0.25, 0.3) is 10.2 Å². The predicted octanol–water partition coefficient (Wildman–Crippen LogP) is 4.56. The number of fused-ring (bicyclic) bond motifs is 2. The first-order valence-corrected chi connectivity index (χ1v) is 14.5. The molecule has 0 unspecified atom stereocenters. The highest BCUT2D eigenvalue weighted by molar-refractivity contribution is 7.89. The number of anilines is 1. The number of hydrogen-bond acceptors (Lipinski definition) is 6. The van der Waals surface area contributed by atoms with Gasteiger partial charge in [0, 0.05) is 31.7 Å². The molecule has 0 saturated carbocycles. The highest BCUT2D eigenvalue weighted by Crippen LogP contribution is 2.31. The summed E-state index contributed by atoms with van der Waals surface area (Å²) in [5.74, 6) is -0.200. The van der Waals surface area contributed by atoms with Crippen LogP contribution in [0, 0.1) is 6.92 Å².